The molecule has 1 aromatic carbocycles. The number of nitrogens with one attached hydrogen (secondary N) is 2. The molecular weight excluding hydrogens is 292 g/mol. The van der Waals surface area contributed by atoms with Crippen molar-refractivity contribution in [3.05, 3.63) is 34.6 Å². The monoisotopic (exact) mass is 317 g/mol. The molecule has 0 radical (unpaired) electrons. The quantitative estimate of drug-likeness (QED) is 0.850. The van der Waals surface area contributed by atoms with Crippen LogP contribution in [0.4, 0.5) is 0 Å². The Morgan fingerprint density at radius 3 is 2.82 bits per heavy atom. The van der Waals surface area contributed by atoms with Crippen LogP contribution in [0.2, 0.25) is 0 Å². The molecule has 0 spiro atoms. The van der Waals surface area contributed by atoms with Crippen molar-refractivity contribution in [2.75, 3.05) is 13.1 Å². The Labute approximate surface area is 137 Å². The zero-order valence-corrected chi connectivity index (χ0v) is 14.2. The maximum Gasteiger partial charge on any atom is 0.221 e. The molecule has 2 heterocycles. The summed E-state index contributed by atoms with van der Waals surface area (Å²) in [6.45, 7) is 7.85. The van der Waals surface area contributed by atoms with Gasteiger partial charge in [-0.3, -0.25) is 5.10 Å². The highest BCUT2D eigenvalue weighted by Crippen LogP contribution is 2.16. The van der Waals surface area contributed by atoms with Gasteiger partial charge in [-0.15, -0.1) is 0 Å². The van der Waals surface area contributed by atoms with Crippen LogP contribution in [0.25, 0.3) is 11.4 Å². The Morgan fingerprint density at radius 2 is 2.14 bits per heavy atom. The van der Waals surface area contributed by atoms with Crippen LogP contribution in [0.1, 0.15) is 32.3 Å². The summed E-state index contributed by atoms with van der Waals surface area (Å²) in [4.78, 5) is 6.12. The Hall–Kier alpha value is -1.46. The molecular formula is C17H25N4S+. The summed E-state index contributed by atoms with van der Waals surface area (Å²) < 4.78 is 2.67. The van der Waals surface area contributed by atoms with Crippen molar-refractivity contribution in [2.45, 2.75) is 39.8 Å². The van der Waals surface area contributed by atoms with Gasteiger partial charge in [-0.25, -0.2) is 4.68 Å². The summed E-state index contributed by atoms with van der Waals surface area (Å²) in [5, 5.41) is 3.38. The number of benzene rings is 1. The lowest BCUT2D eigenvalue weighted by Crippen LogP contribution is -3.12. The number of H-pyrrole nitrogens is 1. The Balaban J connectivity index is 1.76. The van der Waals surface area contributed by atoms with Gasteiger partial charge in [0.2, 0.25) is 4.77 Å². The molecule has 2 atom stereocenters. The van der Waals surface area contributed by atoms with E-state index in [-0.39, 0.29) is 0 Å². The number of aryl methyl sites for hydroxylation is 1. The lowest BCUT2D eigenvalue weighted by molar-refractivity contribution is -0.931. The minimum absolute atomic E-state index is 0.653. The normalized spacial score (nSPS) is 21.9. The molecule has 3 rings (SSSR count). The van der Waals surface area contributed by atoms with Crippen LogP contribution < -0.4 is 4.90 Å². The van der Waals surface area contributed by atoms with Crippen LogP contribution in [-0.4, -0.2) is 27.9 Å². The number of rotatable bonds is 4. The highest BCUT2D eigenvalue weighted by Gasteiger charge is 2.20. The summed E-state index contributed by atoms with van der Waals surface area (Å²) in [6.07, 6.45) is 3.72. The van der Waals surface area contributed by atoms with Gasteiger partial charge in [0.05, 0.1) is 13.1 Å². The minimum Gasteiger partial charge on any atom is -0.316 e. The average molecular weight is 317 g/mol. The van der Waals surface area contributed by atoms with E-state index in [0.29, 0.717) is 4.77 Å². The molecule has 22 heavy (non-hydrogen) atoms. The zero-order chi connectivity index (χ0) is 15.5. The SMILES string of the molecule is CCc1ccc(-c2nc(=S)n(C[NH+]3CCC[C@@H](C)C3)[nH]2)cc1. The van der Waals surface area contributed by atoms with Crippen LogP contribution in [0.3, 0.4) is 0 Å². The van der Waals surface area contributed by atoms with Crippen LogP contribution >= 0.6 is 12.2 Å². The van der Waals surface area contributed by atoms with Crippen molar-refractivity contribution in [2.24, 2.45) is 5.92 Å². The van der Waals surface area contributed by atoms with Gasteiger partial charge in [-0.2, -0.15) is 4.98 Å². The number of nitrogens with zero attached hydrogens (tertiary/aromatic N) is 2. The summed E-state index contributed by atoms with van der Waals surface area (Å²) in [6, 6.07) is 8.55. The molecule has 1 aliphatic rings. The average Bonchev–Trinajstić information content (AvgIpc) is 2.88. The standard InChI is InChI=1S/C17H24N4S/c1-3-14-6-8-15(9-7-14)16-18-17(22)21(19-16)12-20-10-4-5-13(2)11-20/h6-9,13H,3-5,10-12H2,1-2H3,(H,18,19,22)/p+1/t13-/m1/s1. The molecule has 1 aliphatic heterocycles. The second-order valence-corrected chi connectivity index (χ2v) is 6.81. The van der Waals surface area contributed by atoms with Crippen LogP contribution in [0.15, 0.2) is 24.3 Å². The molecule has 1 saturated heterocycles. The summed E-state index contributed by atoms with van der Waals surface area (Å²) in [5.41, 5.74) is 2.44. The van der Waals surface area contributed by atoms with E-state index >= 15 is 0 Å². The first kappa shape index (κ1) is 15.4. The lowest BCUT2D eigenvalue weighted by Gasteiger charge is -2.27. The van der Waals surface area contributed by atoms with Gasteiger partial charge in [-0.1, -0.05) is 38.1 Å². The van der Waals surface area contributed by atoms with Crippen LogP contribution in [-0.2, 0) is 13.1 Å². The second kappa shape index (κ2) is 6.75. The molecule has 0 saturated carbocycles. The highest BCUT2D eigenvalue weighted by atomic mass is 32.1. The Morgan fingerprint density at radius 1 is 1.36 bits per heavy atom. The molecule has 1 unspecified atom stereocenters. The number of piperidine rings is 1. The van der Waals surface area contributed by atoms with Gasteiger partial charge in [0.15, 0.2) is 12.5 Å². The third-order valence-electron chi connectivity index (χ3n) is 4.56. The molecule has 118 valence electrons. The topological polar surface area (TPSA) is 38.0 Å². The van der Waals surface area contributed by atoms with E-state index in [0.717, 1.165) is 30.4 Å². The van der Waals surface area contributed by atoms with Gasteiger partial charge in [0, 0.05) is 11.5 Å². The largest absolute Gasteiger partial charge is 0.316 e. The molecule has 0 aliphatic carbocycles. The van der Waals surface area contributed by atoms with Crippen molar-refractivity contribution in [3.63, 3.8) is 0 Å². The minimum atomic E-state index is 0.653. The molecule has 0 amide bonds. The van der Waals surface area contributed by atoms with Crippen molar-refractivity contribution in [3.8, 4) is 11.4 Å². The predicted octanol–water partition coefficient (Wildman–Crippen LogP) is 2.44. The number of quaternary nitrogens is 1. The molecule has 5 heteroatoms. The van der Waals surface area contributed by atoms with E-state index in [2.05, 4.69) is 48.2 Å². The molecule has 0 bridgehead atoms. The van der Waals surface area contributed by atoms with Crippen molar-refractivity contribution >= 4 is 12.2 Å². The van der Waals surface area contributed by atoms with Gasteiger partial charge in [-0.05, 0) is 37.0 Å². The van der Waals surface area contributed by atoms with Crippen molar-refractivity contribution < 1.29 is 4.90 Å². The van der Waals surface area contributed by atoms with E-state index in [1.54, 1.807) is 4.90 Å². The Bertz CT molecular complexity index is 671. The van der Waals surface area contributed by atoms with E-state index in [1.807, 2.05) is 4.68 Å². The fourth-order valence-electron chi connectivity index (χ4n) is 3.26. The molecule has 2 aromatic rings. The van der Waals surface area contributed by atoms with E-state index < -0.39 is 0 Å². The van der Waals surface area contributed by atoms with Crippen LogP contribution in [0.5, 0.6) is 0 Å². The van der Waals surface area contributed by atoms with Gasteiger partial charge < -0.3 is 4.90 Å². The first-order valence-corrected chi connectivity index (χ1v) is 8.66. The van der Waals surface area contributed by atoms with E-state index in [9.17, 15) is 0 Å². The van der Waals surface area contributed by atoms with Crippen LogP contribution in [0, 0.1) is 10.7 Å². The zero-order valence-electron chi connectivity index (χ0n) is 13.4. The maximum atomic E-state index is 5.43. The number of aromatic amines is 1. The summed E-state index contributed by atoms with van der Waals surface area (Å²) in [7, 11) is 0. The summed E-state index contributed by atoms with van der Waals surface area (Å²) >= 11 is 5.43. The third-order valence-corrected chi connectivity index (χ3v) is 4.87. The molecule has 1 fully saturated rings. The highest BCUT2D eigenvalue weighted by molar-refractivity contribution is 7.71. The first-order valence-electron chi connectivity index (χ1n) is 8.25. The van der Waals surface area contributed by atoms with Gasteiger partial charge in [0.25, 0.3) is 0 Å². The number of hydrogen-bond acceptors (Lipinski definition) is 2. The number of aromatic nitrogens is 3. The van der Waals surface area contributed by atoms with Crippen molar-refractivity contribution in [1.82, 2.24) is 14.8 Å². The van der Waals surface area contributed by atoms with E-state index in [1.165, 1.54) is 31.5 Å². The van der Waals surface area contributed by atoms with Gasteiger partial charge >= 0.3 is 0 Å². The summed E-state index contributed by atoms with van der Waals surface area (Å²) in [5.74, 6) is 1.68. The number of hydrogen-bond donors (Lipinski definition) is 2. The maximum absolute atomic E-state index is 5.43. The second-order valence-electron chi connectivity index (χ2n) is 6.44. The smallest absolute Gasteiger partial charge is 0.221 e. The van der Waals surface area contributed by atoms with E-state index in [4.69, 9.17) is 12.2 Å². The first-order chi connectivity index (χ1) is 10.7. The fraction of sp³-hybridized carbons (Fsp3) is 0.529. The molecule has 2 N–H and O–H groups in total. The predicted molar refractivity (Wildman–Crippen MR) is 91.3 cm³/mol. The third kappa shape index (κ3) is 3.47. The fourth-order valence-corrected chi connectivity index (χ4v) is 3.46. The number of likely N-dealkylation sites (tertiary alicyclic amines) is 1. The molecule has 1 aromatic heterocycles. The lowest BCUT2D eigenvalue weighted by atomic mass is 10.0. The van der Waals surface area contributed by atoms with Crippen molar-refractivity contribution in [1.29, 1.82) is 0 Å². The Kier molecular flexibility index (Phi) is 4.74. The molecule has 4 nitrogen and oxygen atoms in total. The van der Waals surface area contributed by atoms with Gasteiger partial charge in [0.1, 0.15) is 0 Å².